The molecule has 0 saturated carbocycles. The van der Waals surface area contributed by atoms with E-state index in [0.717, 1.165) is 18.4 Å². The van der Waals surface area contributed by atoms with E-state index in [1.807, 2.05) is 6.07 Å². The van der Waals surface area contributed by atoms with Crippen LogP contribution in [0.4, 0.5) is 9.57 Å². The maximum absolute atomic E-state index is 12.8. The largest absolute Gasteiger partial charge is 0.312 e. The average molecular weight is 325 g/mol. The molecule has 1 saturated heterocycles. The van der Waals surface area contributed by atoms with E-state index in [1.165, 1.54) is 4.90 Å². The second kappa shape index (κ2) is 5.46. The van der Waals surface area contributed by atoms with Crippen LogP contribution >= 0.6 is 0 Å². The number of carbonyl (C=O) groups excluding carboxylic acids is 2. The van der Waals surface area contributed by atoms with Crippen molar-refractivity contribution in [1.29, 1.82) is 0 Å². The molecule has 0 radical (unpaired) electrons. The zero-order chi connectivity index (χ0) is 15.9. The molecule has 5 nitrogen and oxygen atoms in total. The van der Waals surface area contributed by atoms with E-state index >= 15 is 0 Å². The van der Waals surface area contributed by atoms with Gasteiger partial charge in [0.05, 0.1) is 5.75 Å². The lowest BCUT2D eigenvalue weighted by atomic mass is 9.90. The molecule has 2 aliphatic rings. The Morgan fingerprint density at radius 2 is 2.00 bits per heavy atom. The van der Waals surface area contributed by atoms with Crippen molar-refractivity contribution in [3.8, 4) is 0 Å². The van der Waals surface area contributed by atoms with Gasteiger partial charge in [-0.05, 0) is 36.6 Å². The standard InChI is InChI=1S/C15H16FNO4S/c16-22(20,21)9-10-6-15(19)17(8-10)12-4-5-13-11(7-12)2-1-3-14(13)18/h4-5,7,10H,1-3,6,8-9H2. The Labute approximate surface area is 128 Å². The highest BCUT2D eigenvalue weighted by Gasteiger charge is 2.34. The van der Waals surface area contributed by atoms with Gasteiger partial charge in [0.1, 0.15) is 0 Å². The number of hydrogen-bond acceptors (Lipinski definition) is 4. The van der Waals surface area contributed by atoms with Crippen LogP contribution in [0.25, 0.3) is 0 Å². The second-order valence-corrected chi connectivity index (χ2v) is 7.31. The summed E-state index contributed by atoms with van der Waals surface area (Å²) < 4.78 is 34.2. The van der Waals surface area contributed by atoms with Gasteiger partial charge in [-0.1, -0.05) is 0 Å². The number of carbonyl (C=O) groups is 2. The first-order valence-electron chi connectivity index (χ1n) is 7.22. The minimum atomic E-state index is -4.58. The molecule has 1 aliphatic heterocycles. The number of hydrogen-bond donors (Lipinski definition) is 0. The summed E-state index contributed by atoms with van der Waals surface area (Å²) in [5.41, 5.74) is 2.27. The van der Waals surface area contributed by atoms with Crippen LogP contribution in [-0.2, 0) is 21.4 Å². The van der Waals surface area contributed by atoms with Crippen molar-refractivity contribution in [3.63, 3.8) is 0 Å². The summed E-state index contributed by atoms with van der Waals surface area (Å²) in [6.07, 6.45) is 2.16. The number of nitrogens with zero attached hydrogens (tertiary/aromatic N) is 1. The van der Waals surface area contributed by atoms with Crippen LogP contribution in [0.1, 0.15) is 35.2 Å². The fraction of sp³-hybridized carbons (Fsp3) is 0.467. The molecule has 118 valence electrons. The lowest BCUT2D eigenvalue weighted by Crippen LogP contribution is -2.26. The summed E-state index contributed by atoms with van der Waals surface area (Å²) in [5.74, 6) is -1.25. The van der Waals surface area contributed by atoms with Crippen LogP contribution in [0.2, 0.25) is 0 Å². The van der Waals surface area contributed by atoms with Gasteiger partial charge >= 0.3 is 10.2 Å². The van der Waals surface area contributed by atoms with Gasteiger partial charge in [-0.25, -0.2) is 0 Å². The maximum atomic E-state index is 12.8. The molecule has 1 fully saturated rings. The minimum absolute atomic E-state index is 0.0269. The zero-order valence-corrected chi connectivity index (χ0v) is 12.7. The highest BCUT2D eigenvalue weighted by atomic mass is 32.3. The minimum Gasteiger partial charge on any atom is -0.312 e. The summed E-state index contributed by atoms with van der Waals surface area (Å²) in [5, 5.41) is 0. The van der Waals surface area contributed by atoms with Crippen molar-refractivity contribution in [1.82, 2.24) is 0 Å². The van der Waals surface area contributed by atoms with Crippen LogP contribution in [-0.4, -0.2) is 32.4 Å². The van der Waals surface area contributed by atoms with Crippen molar-refractivity contribution < 1.29 is 21.9 Å². The van der Waals surface area contributed by atoms with Crippen LogP contribution in [0, 0.1) is 5.92 Å². The third kappa shape index (κ3) is 3.04. The van der Waals surface area contributed by atoms with Crippen LogP contribution in [0.3, 0.4) is 0 Å². The first-order chi connectivity index (χ1) is 10.3. The Bertz CT molecular complexity index is 744. The number of ketones is 1. The zero-order valence-electron chi connectivity index (χ0n) is 11.9. The van der Waals surface area contributed by atoms with E-state index in [2.05, 4.69) is 0 Å². The molecule has 0 bridgehead atoms. The molecule has 1 aliphatic carbocycles. The van der Waals surface area contributed by atoms with E-state index in [-0.39, 0.29) is 24.7 Å². The second-order valence-electron chi connectivity index (χ2n) is 5.90. The van der Waals surface area contributed by atoms with Crippen molar-refractivity contribution in [2.45, 2.75) is 25.7 Å². The van der Waals surface area contributed by atoms with Crippen molar-refractivity contribution >= 4 is 27.6 Å². The van der Waals surface area contributed by atoms with Gasteiger partial charge < -0.3 is 4.90 Å². The van der Waals surface area contributed by atoms with Gasteiger partial charge in [-0.15, -0.1) is 3.89 Å². The molecule has 0 spiro atoms. The Balaban J connectivity index is 1.83. The number of anilines is 1. The quantitative estimate of drug-likeness (QED) is 0.795. The molecule has 1 unspecified atom stereocenters. The van der Waals surface area contributed by atoms with E-state index < -0.39 is 21.9 Å². The lowest BCUT2D eigenvalue weighted by Gasteiger charge is -2.21. The topological polar surface area (TPSA) is 71.5 Å². The number of benzene rings is 1. The molecular weight excluding hydrogens is 309 g/mol. The molecule has 22 heavy (non-hydrogen) atoms. The molecule has 3 rings (SSSR count). The van der Waals surface area contributed by atoms with Gasteiger partial charge in [0, 0.05) is 36.6 Å². The number of amides is 1. The first-order valence-corrected chi connectivity index (χ1v) is 8.77. The van der Waals surface area contributed by atoms with Crippen molar-refractivity contribution in [2.75, 3.05) is 17.2 Å². The van der Waals surface area contributed by atoms with Crippen molar-refractivity contribution in [3.05, 3.63) is 29.3 Å². The molecule has 1 heterocycles. The van der Waals surface area contributed by atoms with E-state index in [1.54, 1.807) is 12.1 Å². The molecular formula is C15H16FNO4S. The summed E-state index contributed by atoms with van der Waals surface area (Å²) in [6, 6.07) is 5.24. The number of Topliss-reactive ketones (excluding diaryl/α,β-unsaturated/α-hetero) is 1. The molecule has 1 aromatic carbocycles. The van der Waals surface area contributed by atoms with E-state index in [0.29, 0.717) is 17.7 Å². The Morgan fingerprint density at radius 1 is 1.23 bits per heavy atom. The highest BCUT2D eigenvalue weighted by Crippen LogP contribution is 2.30. The van der Waals surface area contributed by atoms with Gasteiger partial charge in [0.15, 0.2) is 5.78 Å². The van der Waals surface area contributed by atoms with Crippen molar-refractivity contribution in [2.24, 2.45) is 5.92 Å². The monoisotopic (exact) mass is 325 g/mol. The van der Waals surface area contributed by atoms with Crippen LogP contribution in [0.15, 0.2) is 18.2 Å². The van der Waals surface area contributed by atoms with Gasteiger partial charge in [-0.2, -0.15) is 8.42 Å². The molecule has 0 aromatic heterocycles. The normalized spacial score (nSPS) is 22.0. The summed E-state index contributed by atoms with van der Waals surface area (Å²) in [6.45, 7) is 0.189. The first kappa shape index (κ1) is 15.1. The molecule has 7 heteroatoms. The fourth-order valence-corrected chi connectivity index (χ4v) is 4.01. The van der Waals surface area contributed by atoms with E-state index in [9.17, 15) is 21.9 Å². The number of rotatable bonds is 3. The number of aryl methyl sites for hydroxylation is 1. The maximum Gasteiger partial charge on any atom is 0.302 e. The molecule has 1 amide bonds. The van der Waals surface area contributed by atoms with Crippen LogP contribution < -0.4 is 4.90 Å². The van der Waals surface area contributed by atoms with E-state index in [4.69, 9.17) is 0 Å². The Kier molecular flexibility index (Phi) is 3.76. The fourth-order valence-electron chi connectivity index (χ4n) is 3.23. The predicted octanol–water partition coefficient (Wildman–Crippen LogP) is 1.86. The van der Waals surface area contributed by atoms with Crippen LogP contribution in [0.5, 0.6) is 0 Å². The SMILES string of the molecule is O=C1CCCc2cc(N3CC(CS(=O)(=O)F)CC3=O)ccc21. The van der Waals surface area contributed by atoms with Gasteiger partial charge in [0.2, 0.25) is 5.91 Å². The Hall–Kier alpha value is -1.76. The number of fused-ring (bicyclic) bond motifs is 1. The predicted molar refractivity (Wildman–Crippen MR) is 79.1 cm³/mol. The summed E-state index contributed by atoms with van der Waals surface area (Å²) >= 11 is 0. The average Bonchev–Trinajstić information content (AvgIpc) is 2.77. The molecule has 1 aromatic rings. The summed E-state index contributed by atoms with van der Waals surface area (Å²) in [7, 11) is -4.58. The third-order valence-electron chi connectivity index (χ3n) is 4.19. The van der Waals surface area contributed by atoms with Gasteiger partial charge in [-0.3, -0.25) is 9.59 Å². The Morgan fingerprint density at radius 3 is 2.73 bits per heavy atom. The molecule has 0 N–H and O–H groups in total. The smallest absolute Gasteiger partial charge is 0.302 e. The third-order valence-corrected chi connectivity index (χ3v) is 5.06. The summed E-state index contributed by atoms with van der Waals surface area (Å²) in [4.78, 5) is 25.3. The van der Waals surface area contributed by atoms with Gasteiger partial charge in [0.25, 0.3) is 0 Å². The highest BCUT2D eigenvalue weighted by molar-refractivity contribution is 7.86. The molecule has 1 atom stereocenters. The number of halogens is 1. The lowest BCUT2D eigenvalue weighted by molar-refractivity contribution is -0.117.